The maximum atomic E-state index is 5.20. The van der Waals surface area contributed by atoms with E-state index in [1.54, 1.807) is 6.26 Å². The van der Waals surface area contributed by atoms with Gasteiger partial charge < -0.3 is 14.6 Å². The van der Waals surface area contributed by atoms with E-state index >= 15 is 0 Å². The van der Waals surface area contributed by atoms with Crippen LogP contribution in [0.4, 0.5) is 0 Å². The van der Waals surface area contributed by atoms with Crippen molar-refractivity contribution < 1.29 is 4.42 Å². The average Bonchev–Trinajstić information content (AvgIpc) is 3.21. The summed E-state index contributed by atoms with van der Waals surface area (Å²) < 4.78 is 5.20. The zero-order valence-electron chi connectivity index (χ0n) is 13.4. The van der Waals surface area contributed by atoms with Crippen LogP contribution in [0.3, 0.4) is 0 Å². The number of hydrogen-bond acceptors (Lipinski definition) is 3. The fourth-order valence-corrected chi connectivity index (χ4v) is 3.84. The first-order chi connectivity index (χ1) is 10.3. The lowest BCUT2D eigenvalue weighted by atomic mass is 9.79. The second-order valence-corrected chi connectivity index (χ2v) is 7.37. The number of rotatable bonds is 7. The molecule has 3 heteroatoms. The van der Waals surface area contributed by atoms with Crippen LogP contribution >= 0.6 is 0 Å². The predicted molar refractivity (Wildman–Crippen MR) is 86.2 cm³/mol. The van der Waals surface area contributed by atoms with Gasteiger partial charge in [-0.3, -0.25) is 0 Å². The standard InChI is InChI=1S/C18H30N2O/c1-20(12-16-8-11-21-13-16)15-18(14-19-17-6-7-17)9-4-2-3-5-10-18/h8,11,13,17,19H,2-7,9-10,12,14-15H2,1H3. The summed E-state index contributed by atoms with van der Waals surface area (Å²) >= 11 is 0. The minimum Gasteiger partial charge on any atom is -0.472 e. The van der Waals surface area contributed by atoms with Crippen molar-refractivity contribution in [2.24, 2.45) is 5.41 Å². The molecule has 0 atom stereocenters. The van der Waals surface area contributed by atoms with Gasteiger partial charge in [-0.2, -0.15) is 0 Å². The van der Waals surface area contributed by atoms with Crippen LogP contribution in [0.2, 0.25) is 0 Å². The molecular formula is C18H30N2O. The molecule has 0 saturated heterocycles. The molecule has 21 heavy (non-hydrogen) atoms. The van der Waals surface area contributed by atoms with Crippen LogP contribution in [0.1, 0.15) is 56.9 Å². The molecule has 0 radical (unpaired) electrons. The van der Waals surface area contributed by atoms with Gasteiger partial charge in [-0.1, -0.05) is 25.7 Å². The van der Waals surface area contributed by atoms with E-state index < -0.39 is 0 Å². The molecule has 0 spiro atoms. The molecule has 118 valence electrons. The molecular weight excluding hydrogens is 260 g/mol. The molecule has 1 aromatic heterocycles. The SMILES string of the molecule is CN(Cc1ccoc1)CC1(CNC2CC2)CCCCCC1. The van der Waals surface area contributed by atoms with Crippen LogP contribution in [-0.4, -0.2) is 31.1 Å². The van der Waals surface area contributed by atoms with Gasteiger partial charge in [0.1, 0.15) is 0 Å². The smallest absolute Gasteiger partial charge is 0.0947 e. The largest absolute Gasteiger partial charge is 0.472 e. The van der Waals surface area contributed by atoms with E-state index in [1.807, 2.05) is 6.26 Å². The van der Waals surface area contributed by atoms with Crippen LogP contribution in [0.15, 0.2) is 23.0 Å². The summed E-state index contributed by atoms with van der Waals surface area (Å²) in [6, 6.07) is 2.91. The Morgan fingerprint density at radius 3 is 2.62 bits per heavy atom. The Labute approximate surface area is 129 Å². The summed E-state index contributed by atoms with van der Waals surface area (Å²) in [5, 5.41) is 3.81. The fraction of sp³-hybridized carbons (Fsp3) is 0.778. The number of nitrogens with zero attached hydrogens (tertiary/aromatic N) is 1. The molecule has 1 N–H and O–H groups in total. The molecule has 0 amide bonds. The minimum atomic E-state index is 0.484. The van der Waals surface area contributed by atoms with Gasteiger partial charge in [0.05, 0.1) is 12.5 Å². The van der Waals surface area contributed by atoms with Crippen molar-refractivity contribution in [3.05, 3.63) is 24.2 Å². The first-order valence-corrected chi connectivity index (χ1v) is 8.69. The maximum absolute atomic E-state index is 5.20. The van der Waals surface area contributed by atoms with E-state index in [2.05, 4.69) is 23.3 Å². The van der Waals surface area contributed by atoms with Crippen LogP contribution in [0.25, 0.3) is 0 Å². The first kappa shape index (κ1) is 15.1. The average molecular weight is 290 g/mol. The predicted octanol–water partition coefficient (Wildman–Crippen LogP) is 3.80. The van der Waals surface area contributed by atoms with E-state index in [0.29, 0.717) is 5.41 Å². The van der Waals surface area contributed by atoms with E-state index in [1.165, 1.54) is 70.0 Å². The Morgan fingerprint density at radius 1 is 1.24 bits per heavy atom. The fourth-order valence-electron chi connectivity index (χ4n) is 3.84. The van der Waals surface area contributed by atoms with Gasteiger partial charge in [0.2, 0.25) is 0 Å². The van der Waals surface area contributed by atoms with Crippen molar-refractivity contribution >= 4 is 0 Å². The Balaban J connectivity index is 1.59. The van der Waals surface area contributed by atoms with Crippen molar-refractivity contribution in [3.8, 4) is 0 Å². The van der Waals surface area contributed by atoms with Crippen molar-refractivity contribution in [2.75, 3.05) is 20.1 Å². The maximum Gasteiger partial charge on any atom is 0.0947 e. The third kappa shape index (κ3) is 4.58. The van der Waals surface area contributed by atoms with Crippen LogP contribution in [0, 0.1) is 5.41 Å². The highest BCUT2D eigenvalue weighted by atomic mass is 16.3. The van der Waals surface area contributed by atoms with Gasteiger partial charge in [0.25, 0.3) is 0 Å². The summed E-state index contributed by atoms with van der Waals surface area (Å²) in [4.78, 5) is 2.49. The van der Waals surface area contributed by atoms with Crippen LogP contribution in [0.5, 0.6) is 0 Å². The summed E-state index contributed by atoms with van der Waals surface area (Å²) in [6.07, 6.45) is 14.9. The number of nitrogens with one attached hydrogen (secondary N) is 1. The van der Waals surface area contributed by atoms with Gasteiger partial charge in [0.15, 0.2) is 0 Å². The number of furan rings is 1. The van der Waals surface area contributed by atoms with Crippen molar-refractivity contribution in [1.29, 1.82) is 0 Å². The zero-order chi connectivity index (χ0) is 14.5. The molecule has 0 aliphatic heterocycles. The van der Waals surface area contributed by atoms with Gasteiger partial charge in [-0.05, 0) is 44.2 Å². The highest BCUT2D eigenvalue weighted by Gasteiger charge is 2.34. The molecule has 1 aromatic rings. The first-order valence-electron chi connectivity index (χ1n) is 8.69. The molecule has 3 rings (SSSR count). The zero-order valence-corrected chi connectivity index (χ0v) is 13.4. The number of hydrogen-bond donors (Lipinski definition) is 1. The molecule has 3 nitrogen and oxygen atoms in total. The lowest BCUT2D eigenvalue weighted by molar-refractivity contribution is 0.141. The lowest BCUT2D eigenvalue weighted by Gasteiger charge is -2.37. The summed E-state index contributed by atoms with van der Waals surface area (Å²) in [6.45, 7) is 3.42. The Hall–Kier alpha value is -0.800. The van der Waals surface area contributed by atoms with Crippen molar-refractivity contribution in [3.63, 3.8) is 0 Å². The molecule has 1 heterocycles. The molecule has 2 saturated carbocycles. The summed E-state index contributed by atoms with van der Waals surface area (Å²) in [5.74, 6) is 0. The Bertz CT molecular complexity index is 403. The summed E-state index contributed by atoms with van der Waals surface area (Å²) in [5.41, 5.74) is 1.77. The van der Waals surface area contributed by atoms with Gasteiger partial charge in [0, 0.05) is 31.2 Å². The lowest BCUT2D eigenvalue weighted by Crippen LogP contribution is -2.43. The molecule has 2 fully saturated rings. The van der Waals surface area contributed by atoms with Crippen molar-refractivity contribution in [2.45, 2.75) is 64.0 Å². The third-order valence-electron chi connectivity index (χ3n) is 5.15. The topological polar surface area (TPSA) is 28.4 Å². The molecule has 2 aliphatic rings. The normalized spacial score (nSPS) is 22.4. The highest BCUT2D eigenvalue weighted by Crippen LogP contribution is 2.36. The van der Waals surface area contributed by atoms with E-state index in [-0.39, 0.29) is 0 Å². The van der Waals surface area contributed by atoms with E-state index in [4.69, 9.17) is 4.42 Å². The van der Waals surface area contributed by atoms with Gasteiger partial charge in [-0.25, -0.2) is 0 Å². The Morgan fingerprint density at radius 2 is 2.00 bits per heavy atom. The molecule has 2 aliphatic carbocycles. The molecule has 0 aromatic carbocycles. The van der Waals surface area contributed by atoms with E-state index in [9.17, 15) is 0 Å². The Kier molecular flexibility index (Phi) is 5.02. The minimum absolute atomic E-state index is 0.484. The van der Waals surface area contributed by atoms with Gasteiger partial charge in [-0.15, -0.1) is 0 Å². The monoisotopic (exact) mass is 290 g/mol. The highest BCUT2D eigenvalue weighted by molar-refractivity contribution is 5.05. The van der Waals surface area contributed by atoms with Crippen LogP contribution < -0.4 is 5.32 Å². The molecule has 0 unspecified atom stereocenters. The molecule has 0 bridgehead atoms. The van der Waals surface area contributed by atoms with Gasteiger partial charge >= 0.3 is 0 Å². The summed E-state index contributed by atoms with van der Waals surface area (Å²) in [7, 11) is 2.26. The second-order valence-electron chi connectivity index (χ2n) is 7.37. The van der Waals surface area contributed by atoms with Crippen molar-refractivity contribution in [1.82, 2.24) is 10.2 Å². The second kappa shape index (κ2) is 6.97. The third-order valence-corrected chi connectivity index (χ3v) is 5.15. The van der Waals surface area contributed by atoms with Crippen LogP contribution in [-0.2, 0) is 6.54 Å². The van der Waals surface area contributed by atoms with E-state index in [0.717, 1.165) is 12.6 Å². The quantitative estimate of drug-likeness (QED) is 0.774.